The summed E-state index contributed by atoms with van der Waals surface area (Å²) >= 11 is 1.44. The number of carboxylic acids is 1. The molecule has 0 unspecified atom stereocenters. The van der Waals surface area contributed by atoms with Gasteiger partial charge in [0, 0.05) is 18.7 Å². The summed E-state index contributed by atoms with van der Waals surface area (Å²) in [7, 11) is 0. The van der Waals surface area contributed by atoms with E-state index in [4.69, 9.17) is 5.11 Å². The fourth-order valence-corrected chi connectivity index (χ4v) is 4.42. The molecule has 0 atom stereocenters. The molecule has 2 bridgehead atoms. The third-order valence-electron chi connectivity index (χ3n) is 3.97. The number of carbonyl (C=O) groups is 1. The molecule has 2 aromatic rings. The molecule has 0 amide bonds. The molecule has 5 heterocycles. The molecule has 5 rings (SSSR count). The number of nitrogens with one attached hydrogen (secondary N) is 1. The minimum atomic E-state index is -1.20. The normalized spacial score (nSPS) is 18.0. The molecule has 2 aromatic heterocycles. The lowest BCUT2D eigenvalue weighted by Gasteiger charge is -2.39. The van der Waals surface area contributed by atoms with Gasteiger partial charge in [0.2, 0.25) is 5.82 Å². The van der Waals surface area contributed by atoms with E-state index in [0.29, 0.717) is 16.1 Å². The van der Waals surface area contributed by atoms with Crippen LogP contribution in [0.3, 0.4) is 0 Å². The van der Waals surface area contributed by atoms with Crippen LogP contribution in [0.2, 0.25) is 0 Å². The first kappa shape index (κ1) is 11.0. The predicted molar refractivity (Wildman–Crippen MR) is 71.4 cm³/mol. The molecule has 0 aliphatic carbocycles. The van der Waals surface area contributed by atoms with Crippen LogP contribution >= 0.6 is 11.3 Å². The second kappa shape index (κ2) is 3.57. The van der Waals surface area contributed by atoms with Crippen molar-refractivity contribution in [1.29, 1.82) is 0 Å². The van der Waals surface area contributed by atoms with Crippen molar-refractivity contribution in [1.82, 2.24) is 9.97 Å². The first-order chi connectivity index (χ1) is 9.15. The zero-order chi connectivity index (χ0) is 13.1. The largest absolute Gasteiger partial charge is 0.475 e. The molecule has 0 spiro atoms. The van der Waals surface area contributed by atoms with Crippen LogP contribution in [0.15, 0.2) is 4.79 Å². The smallest absolute Gasteiger partial charge is 0.372 e. The SMILES string of the molecule is O=C(O)c1nc2sc3c(c2c(=O)[nH]1)C1CCN3CC1. The Morgan fingerprint density at radius 3 is 2.84 bits per heavy atom. The fraction of sp³-hybridized carbons (Fsp3) is 0.417. The van der Waals surface area contributed by atoms with E-state index in [1.54, 1.807) is 0 Å². The molecule has 1 saturated heterocycles. The Bertz CT molecular complexity index is 755. The van der Waals surface area contributed by atoms with Crippen molar-refractivity contribution in [3.63, 3.8) is 0 Å². The Morgan fingerprint density at radius 1 is 1.42 bits per heavy atom. The molecule has 98 valence electrons. The van der Waals surface area contributed by atoms with Gasteiger partial charge < -0.3 is 15.0 Å². The average Bonchev–Trinajstić information content (AvgIpc) is 2.81. The fourth-order valence-electron chi connectivity index (χ4n) is 3.10. The first-order valence-corrected chi connectivity index (χ1v) is 7.02. The molecule has 0 saturated carbocycles. The number of rotatable bonds is 1. The summed E-state index contributed by atoms with van der Waals surface area (Å²) < 4.78 is 0. The lowest BCUT2D eigenvalue weighted by molar-refractivity contribution is 0.0683. The van der Waals surface area contributed by atoms with Gasteiger partial charge in [0.1, 0.15) is 4.83 Å². The molecule has 0 radical (unpaired) electrons. The highest BCUT2D eigenvalue weighted by molar-refractivity contribution is 7.22. The molecule has 2 N–H and O–H groups in total. The molecule has 6 nitrogen and oxygen atoms in total. The number of hydrogen-bond acceptors (Lipinski definition) is 5. The highest BCUT2D eigenvalue weighted by atomic mass is 32.1. The summed E-state index contributed by atoms with van der Waals surface area (Å²) in [4.78, 5) is 32.4. The van der Waals surface area contributed by atoms with E-state index >= 15 is 0 Å². The van der Waals surface area contributed by atoms with E-state index in [2.05, 4.69) is 14.9 Å². The lowest BCUT2D eigenvalue weighted by atomic mass is 9.85. The van der Waals surface area contributed by atoms with E-state index < -0.39 is 5.97 Å². The average molecular weight is 277 g/mol. The second-order valence-electron chi connectivity index (χ2n) is 4.98. The summed E-state index contributed by atoms with van der Waals surface area (Å²) in [6, 6.07) is 0. The van der Waals surface area contributed by atoms with Crippen molar-refractivity contribution in [3.05, 3.63) is 21.7 Å². The van der Waals surface area contributed by atoms with Crippen molar-refractivity contribution < 1.29 is 9.90 Å². The van der Waals surface area contributed by atoms with Crippen molar-refractivity contribution >= 4 is 32.5 Å². The van der Waals surface area contributed by atoms with Crippen LogP contribution < -0.4 is 10.5 Å². The number of piperidine rings is 1. The predicted octanol–water partition coefficient (Wildman–Crippen LogP) is 1.38. The van der Waals surface area contributed by atoms with Crippen LogP contribution in [0, 0.1) is 0 Å². The van der Waals surface area contributed by atoms with Gasteiger partial charge in [-0.15, -0.1) is 0 Å². The van der Waals surface area contributed by atoms with Crippen LogP contribution in [-0.4, -0.2) is 34.1 Å². The number of aromatic carboxylic acids is 1. The Balaban J connectivity index is 2.07. The Kier molecular flexibility index (Phi) is 2.06. The van der Waals surface area contributed by atoms with E-state index in [-0.39, 0.29) is 11.4 Å². The number of H-pyrrole nitrogens is 1. The number of aromatic amines is 1. The highest BCUT2D eigenvalue weighted by Crippen LogP contribution is 2.49. The maximum atomic E-state index is 12.1. The van der Waals surface area contributed by atoms with Crippen LogP contribution in [0.4, 0.5) is 5.00 Å². The monoisotopic (exact) mass is 277 g/mol. The van der Waals surface area contributed by atoms with Crippen molar-refractivity contribution in [2.24, 2.45) is 0 Å². The van der Waals surface area contributed by atoms with E-state index in [1.165, 1.54) is 11.3 Å². The van der Waals surface area contributed by atoms with Crippen LogP contribution in [0.25, 0.3) is 10.2 Å². The quantitative estimate of drug-likeness (QED) is 0.822. The van der Waals surface area contributed by atoms with Crippen molar-refractivity contribution in [3.8, 4) is 0 Å². The molecule has 3 aliphatic heterocycles. The minimum absolute atomic E-state index is 0.279. The number of hydrogen-bond donors (Lipinski definition) is 2. The van der Waals surface area contributed by atoms with Crippen LogP contribution in [0.5, 0.6) is 0 Å². The van der Waals surface area contributed by atoms with Gasteiger partial charge in [-0.05, 0) is 18.8 Å². The number of aromatic nitrogens is 2. The van der Waals surface area contributed by atoms with Gasteiger partial charge in [-0.1, -0.05) is 11.3 Å². The second-order valence-corrected chi connectivity index (χ2v) is 5.96. The topological polar surface area (TPSA) is 86.3 Å². The number of anilines is 1. The molecular weight excluding hydrogens is 266 g/mol. The maximum absolute atomic E-state index is 12.1. The first-order valence-electron chi connectivity index (χ1n) is 6.20. The van der Waals surface area contributed by atoms with Gasteiger partial charge in [-0.3, -0.25) is 4.79 Å². The van der Waals surface area contributed by atoms with Crippen LogP contribution in [0.1, 0.15) is 34.9 Å². The summed E-state index contributed by atoms with van der Waals surface area (Å²) in [5, 5.41) is 10.7. The summed E-state index contributed by atoms with van der Waals surface area (Å²) in [6.45, 7) is 2.04. The third kappa shape index (κ3) is 1.39. The Labute approximate surface area is 111 Å². The Hall–Kier alpha value is -1.89. The van der Waals surface area contributed by atoms with E-state index in [1.807, 2.05) is 0 Å². The minimum Gasteiger partial charge on any atom is -0.475 e. The van der Waals surface area contributed by atoms with Crippen molar-refractivity contribution in [2.75, 3.05) is 18.0 Å². The zero-order valence-corrected chi connectivity index (χ0v) is 10.8. The molecule has 3 aliphatic rings. The standard InChI is InChI=1S/C12H11N3O3S/c16-9-7-6-5-1-3-15(4-2-5)11(6)19-10(7)14-8(13-9)12(17)18/h5H,1-4H2,(H,17,18)(H,13,14,16). The molecule has 7 heteroatoms. The van der Waals surface area contributed by atoms with E-state index in [9.17, 15) is 9.59 Å². The zero-order valence-electron chi connectivity index (χ0n) is 9.97. The van der Waals surface area contributed by atoms with Gasteiger partial charge in [-0.2, -0.15) is 0 Å². The number of nitrogens with zero attached hydrogens (tertiary/aromatic N) is 2. The van der Waals surface area contributed by atoms with Gasteiger partial charge in [0.15, 0.2) is 0 Å². The van der Waals surface area contributed by atoms with Crippen molar-refractivity contribution in [2.45, 2.75) is 18.8 Å². The van der Waals surface area contributed by atoms with Crippen LogP contribution in [-0.2, 0) is 0 Å². The van der Waals surface area contributed by atoms with Gasteiger partial charge >= 0.3 is 5.97 Å². The molecule has 1 fully saturated rings. The number of thiophene rings is 1. The number of carboxylic acid groups (broad SMARTS) is 1. The van der Waals surface area contributed by atoms with Gasteiger partial charge in [0.25, 0.3) is 5.56 Å². The lowest BCUT2D eigenvalue weighted by Crippen LogP contribution is -2.38. The van der Waals surface area contributed by atoms with Gasteiger partial charge in [-0.25, -0.2) is 9.78 Å². The van der Waals surface area contributed by atoms with Gasteiger partial charge in [0.05, 0.1) is 10.4 Å². The summed E-state index contributed by atoms with van der Waals surface area (Å²) in [6.07, 6.45) is 2.14. The molecule has 0 aromatic carbocycles. The summed E-state index contributed by atoms with van der Waals surface area (Å²) in [5.74, 6) is -1.06. The molecular formula is C12H11N3O3S. The van der Waals surface area contributed by atoms with E-state index in [0.717, 1.165) is 36.5 Å². The number of fused-ring (bicyclic) bond motifs is 3. The third-order valence-corrected chi connectivity index (χ3v) is 5.13. The highest BCUT2D eigenvalue weighted by Gasteiger charge is 2.35. The maximum Gasteiger partial charge on any atom is 0.372 e. The summed E-state index contributed by atoms with van der Waals surface area (Å²) in [5.41, 5.74) is 0.761. The Morgan fingerprint density at radius 2 is 2.16 bits per heavy atom. The molecule has 19 heavy (non-hydrogen) atoms.